The van der Waals surface area contributed by atoms with Crippen LogP contribution in [0.1, 0.15) is 24.2 Å². The number of carboxylic acids is 1. The van der Waals surface area contributed by atoms with E-state index in [2.05, 4.69) is 15.9 Å². The fourth-order valence-electron chi connectivity index (χ4n) is 0.753. The molecule has 0 aliphatic rings. The zero-order valence-electron chi connectivity index (χ0n) is 7.84. The number of nitrogens with two attached hydrogens (primary N) is 1. The van der Waals surface area contributed by atoms with Gasteiger partial charge in [-0.25, -0.2) is 9.18 Å². The van der Waals surface area contributed by atoms with E-state index in [1.807, 2.05) is 13.8 Å². The van der Waals surface area contributed by atoms with Gasteiger partial charge in [-0.15, -0.1) is 0 Å². The minimum atomic E-state index is -1.24. The summed E-state index contributed by atoms with van der Waals surface area (Å²) in [6.45, 7) is 4.00. The zero-order chi connectivity index (χ0) is 11.3. The quantitative estimate of drug-likeness (QED) is 0.766. The van der Waals surface area contributed by atoms with Crippen molar-refractivity contribution >= 4 is 27.6 Å². The van der Waals surface area contributed by atoms with Crippen molar-refractivity contribution in [2.45, 2.75) is 13.8 Å². The minimum Gasteiger partial charge on any atom is -0.478 e. The molecule has 1 aromatic carbocycles. The third-order valence-electron chi connectivity index (χ3n) is 1.36. The van der Waals surface area contributed by atoms with Gasteiger partial charge >= 0.3 is 5.97 Å². The smallest absolute Gasteiger partial charge is 0.337 e. The minimum absolute atomic E-state index is 0.157. The Kier molecular flexibility index (Phi) is 5.15. The van der Waals surface area contributed by atoms with Gasteiger partial charge in [-0.05, 0) is 28.1 Å². The Labute approximate surface area is 89.9 Å². The normalized spacial score (nSPS) is 8.86. The molecular weight excluding hydrogens is 253 g/mol. The van der Waals surface area contributed by atoms with Crippen molar-refractivity contribution in [1.82, 2.24) is 0 Å². The molecule has 0 spiro atoms. The molecule has 78 valence electrons. The summed E-state index contributed by atoms with van der Waals surface area (Å²) in [5.74, 6) is -1.98. The fraction of sp³-hybridized carbons (Fsp3) is 0.222. The number of carbonyl (C=O) groups is 1. The molecule has 3 nitrogen and oxygen atoms in total. The molecule has 3 N–H and O–H groups in total. The number of anilines is 1. The van der Waals surface area contributed by atoms with Crippen molar-refractivity contribution < 1.29 is 14.3 Å². The summed E-state index contributed by atoms with van der Waals surface area (Å²) in [6, 6.07) is 2.54. The lowest BCUT2D eigenvalue weighted by atomic mass is 10.2. The standard InChI is InChI=1S/C7H5BrFNO2.C2H6/c8-4-2-1-3(7(11)12)6(10)5(4)9;1-2/h1-2H,10H2,(H,11,12);1-2H3. The van der Waals surface area contributed by atoms with E-state index in [4.69, 9.17) is 10.8 Å². The van der Waals surface area contributed by atoms with Crippen LogP contribution in [-0.4, -0.2) is 11.1 Å². The van der Waals surface area contributed by atoms with Crippen LogP contribution in [0.3, 0.4) is 0 Å². The van der Waals surface area contributed by atoms with E-state index in [1.165, 1.54) is 12.1 Å². The molecule has 1 rings (SSSR count). The first kappa shape index (κ1) is 12.9. The highest BCUT2D eigenvalue weighted by atomic mass is 79.9. The lowest BCUT2D eigenvalue weighted by Crippen LogP contribution is -2.04. The van der Waals surface area contributed by atoms with Crippen molar-refractivity contribution in [3.8, 4) is 0 Å². The molecule has 0 radical (unpaired) electrons. The Morgan fingerprint density at radius 1 is 1.50 bits per heavy atom. The van der Waals surface area contributed by atoms with Crippen LogP contribution in [0.2, 0.25) is 0 Å². The summed E-state index contributed by atoms with van der Waals surface area (Å²) in [5, 5.41) is 8.52. The molecule has 0 fully saturated rings. The Hall–Kier alpha value is -1.10. The molecule has 0 aliphatic carbocycles. The van der Waals surface area contributed by atoms with Crippen LogP contribution in [0, 0.1) is 5.82 Å². The maximum Gasteiger partial charge on any atom is 0.337 e. The predicted octanol–water partition coefficient (Wildman–Crippen LogP) is 2.89. The molecule has 1 aromatic rings. The largest absolute Gasteiger partial charge is 0.478 e. The predicted molar refractivity (Wildman–Crippen MR) is 56.8 cm³/mol. The molecule has 0 heterocycles. The Morgan fingerprint density at radius 2 is 2.00 bits per heavy atom. The van der Waals surface area contributed by atoms with Gasteiger partial charge in [0.05, 0.1) is 15.7 Å². The summed E-state index contributed by atoms with van der Waals surface area (Å²) in [7, 11) is 0. The molecule has 5 heteroatoms. The Morgan fingerprint density at radius 3 is 2.43 bits per heavy atom. The first-order chi connectivity index (χ1) is 6.54. The number of hydrogen-bond acceptors (Lipinski definition) is 2. The average molecular weight is 264 g/mol. The van der Waals surface area contributed by atoms with Gasteiger partial charge in [-0.2, -0.15) is 0 Å². The molecule has 0 aliphatic heterocycles. The second-order valence-corrected chi connectivity index (χ2v) is 2.98. The number of carboxylic acid groups (broad SMARTS) is 1. The maximum atomic E-state index is 12.9. The van der Waals surface area contributed by atoms with Crippen LogP contribution < -0.4 is 5.73 Å². The summed E-state index contributed by atoms with van der Waals surface area (Å²) in [5.41, 5.74) is 4.62. The van der Waals surface area contributed by atoms with Crippen molar-refractivity contribution in [2.24, 2.45) is 0 Å². The van der Waals surface area contributed by atoms with Crippen molar-refractivity contribution in [3.63, 3.8) is 0 Å². The van der Waals surface area contributed by atoms with Gasteiger partial charge in [-0.3, -0.25) is 0 Å². The zero-order valence-corrected chi connectivity index (χ0v) is 9.43. The van der Waals surface area contributed by atoms with E-state index in [0.29, 0.717) is 0 Å². The van der Waals surface area contributed by atoms with Crippen LogP contribution >= 0.6 is 15.9 Å². The molecule has 14 heavy (non-hydrogen) atoms. The van der Waals surface area contributed by atoms with Crippen LogP contribution in [0.4, 0.5) is 10.1 Å². The van der Waals surface area contributed by atoms with Crippen LogP contribution in [0.25, 0.3) is 0 Å². The molecule has 0 amide bonds. The van der Waals surface area contributed by atoms with Crippen molar-refractivity contribution in [3.05, 3.63) is 28.0 Å². The van der Waals surface area contributed by atoms with Crippen LogP contribution in [0.15, 0.2) is 16.6 Å². The van der Waals surface area contributed by atoms with E-state index in [0.717, 1.165) is 0 Å². The van der Waals surface area contributed by atoms with Gasteiger partial charge in [0.2, 0.25) is 0 Å². The van der Waals surface area contributed by atoms with Gasteiger partial charge in [-0.1, -0.05) is 13.8 Å². The highest BCUT2D eigenvalue weighted by Crippen LogP contribution is 2.24. The Balaban J connectivity index is 0.000000791. The number of halogens is 2. The maximum absolute atomic E-state index is 12.9. The highest BCUT2D eigenvalue weighted by Gasteiger charge is 2.13. The molecular formula is C9H11BrFNO2. The van der Waals surface area contributed by atoms with Gasteiger partial charge in [0, 0.05) is 0 Å². The van der Waals surface area contributed by atoms with Gasteiger partial charge in [0.1, 0.15) is 0 Å². The first-order valence-electron chi connectivity index (χ1n) is 4.01. The van der Waals surface area contributed by atoms with Crippen LogP contribution in [-0.2, 0) is 0 Å². The third-order valence-corrected chi connectivity index (χ3v) is 1.98. The second kappa shape index (κ2) is 5.59. The van der Waals surface area contributed by atoms with Gasteiger partial charge in [0.15, 0.2) is 5.82 Å². The number of benzene rings is 1. The lowest BCUT2D eigenvalue weighted by molar-refractivity contribution is 0.0697. The lowest BCUT2D eigenvalue weighted by Gasteiger charge is -2.02. The summed E-state index contributed by atoms with van der Waals surface area (Å²) in [4.78, 5) is 10.4. The monoisotopic (exact) mass is 263 g/mol. The summed E-state index contributed by atoms with van der Waals surface area (Å²) < 4.78 is 13.1. The molecule has 0 unspecified atom stereocenters. The number of aromatic carboxylic acids is 1. The van der Waals surface area contributed by atoms with E-state index in [9.17, 15) is 9.18 Å². The fourth-order valence-corrected chi connectivity index (χ4v) is 1.10. The highest BCUT2D eigenvalue weighted by molar-refractivity contribution is 9.10. The Bertz CT molecular complexity index is 342. The van der Waals surface area contributed by atoms with Crippen LogP contribution in [0.5, 0.6) is 0 Å². The SMILES string of the molecule is CC.Nc1c(C(=O)O)ccc(Br)c1F. The third kappa shape index (κ3) is 2.70. The topological polar surface area (TPSA) is 63.3 Å². The first-order valence-corrected chi connectivity index (χ1v) is 4.80. The van der Waals surface area contributed by atoms with E-state index < -0.39 is 11.8 Å². The van der Waals surface area contributed by atoms with E-state index >= 15 is 0 Å². The number of hydrogen-bond donors (Lipinski definition) is 2. The van der Waals surface area contributed by atoms with Crippen molar-refractivity contribution in [2.75, 3.05) is 5.73 Å². The van der Waals surface area contributed by atoms with Gasteiger partial charge in [0.25, 0.3) is 0 Å². The van der Waals surface area contributed by atoms with E-state index in [1.54, 1.807) is 0 Å². The molecule has 0 saturated carbocycles. The summed E-state index contributed by atoms with van der Waals surface area (Å²) in [6.07, 6.45) is 0. The van der Waals surface area contributed by atoms with Gasteiger partial charge < -0.3 is 10.8 Å². The second-order valence-electron chi connectivity index (χ2n) is 2.13. The molecule has 0 atom stereocenters. The average Bonchev–Trinajstić information content (AvgIpc) is 2.17. The molecule has 0 bridgehead atoms. The molecule has 0 aromatic heterocycles. The number of nitrogen functional groups attached to an aromatic ring is 1. The van der Waals surface area contributed by atoms with Crippen molar-refractivity contribution in [1.29, 1.82) is 0 Å². The molecule has 0 saturated heterocycles. The van der Waals surface area contributed by atoms with E-state index in [-0.39, 0.29) is 15.7 Å². The summed E-state index contributed by atoms with van der Waals surface area (Å²) >= 11 is 2.88. The number of rotatable bonds is 1.